The zero-order valence-corrected chi connectivity index (χ0v) is 15.9. The first kappa shape index (κ1) is 17.2. The highest BCUT2D eigenvalue weighted by Crippen LogP contribution is 2.31. The smallest absolute Gasteiger partial charge is 0.243 e. The number of aromatic nitrogens is 2. The molecular weight excluding hydrogens is 346 g/mol. The summed E-state index contributed by atoms with van der Waals surface area (Å²) < 4.78 is 27.3. The van der Waals surface area contributed by atoms with Crippen LogP contribution in [-0.4, -0.2) is 35.8 Å². The van der Waals surface area contributed by atoms with E-state index in [1.54, 1.807) is 16.4 Å². The van der Waals surface area contributed by atoms with Crippen LogP contribution in [0.2, 0.25) is 0 Å². The first-order valence-corrected chi connectivity index (χ1v) is 10.5. The maximum atomic E-state index is 12.9. The molecule has 0 saturated carbocycles. The monoisotopic (exact) mass is 369 g/mol. The number of hydrogen-bond donors (Lipinski definition) is 1. The van der Waals surface area contributed by atoms with E-state index in [9.17, 15) is 8.42 Å². The van der Waals surface area contributed by atoms with Gasteiger partial charge in [0.15, 0.2) is 0 Å². The molecule has 1 aliphatic rings. The molecule has 0 bridgehead atoms. The van der Waals surface area contributed by atoms with E-state index < -0.39 is 10.0 Å². The summed E-state index contributed by atoms with van der Waals surface area (Å²) in [5.74, 6) is 1.24. The molecule has 0 amide bonds. The van der Waals surface area contributed by atoms with Gasteiger partial charge in [-0.05, 0) is 36.6 Å². The SMILES string of the molecule is CC(C)c1nc2c(-c3cccc(S(=O)(=O)N4CCCC4)c3)cccc2[nH]1. The van der Waals surface area contributed by atoms with E-state index in [4.69, 9.17) is 4.98 Å². The van der Waals surface area contributed by atoms with Crippen LogP contribution in [0.5, 0.6) is 0 Å². The van der Waals surface area contributed by atoms with E-state index in [0.29, 0.717) is 23.9 Å². The second kappa shape index (κ2) is 6.52. The number of nitrogens with zero attached hydrogens (tertiary/aromatic N) is 2. The summed E-state index contributed by atoms with van der Waals surface area (Å²) in [7, 11) is -3.43. The van der Waals surface area contributed by atoms with Crippen LogP contribution >= 0.6 is 0 Å². The number of sulfonamides is 1. The molecule has 1 N–H and O–H groups in total. The maximum absolute atomic E-state index is 12.9. The molecule has 6 heteroatoms. The molecule has 136 valence electrons. The number of para-hydroxylation sites is 1. The fourth-order valence-corrected chi connectivity index (χ4v) is 5.02. The Morgan fingerprint density at radius 3 is 2.54 bits per heavy atom. The van der Waals surface area contributed by atoms with Gasteiger partial charge in [0.05, 0.1) is 15.9 Å². The summed E-state index contributed by atoms with van der Waals surface area (Å²) in [4.78, 5) is 8.45. The predicted molar refractivity (Wildman–Crippen MR) is 104 cm³/mol. The van der Waals surface area contributed by atoms with Crippen molar-refractivity contribution in [3.05, 3.63) is 48.3 Å². The van der Waals surface area contributed by atoms with Crippen LogP contribution in [-0.2, 0) is 10.0 Å². The summed E-state index contributed by atoms with van der Waals surface area (Å²) in [6.45, 7) is 5.42. The number of nitrogens with one attached hydrogen (secondary N) is 1. The van der Waals surface area contributed by atoms with Crippen molar-refractivity contribution >= 4 is 21.1 Å². The lowest BCUT2D eigenvalue weighted by molar-refractivity contribution is 0.477. The van der Waals surface area contributed by atoms with E-state index in [1.165, 1.54) is 0 Å². The number of fused-ring (bicyclic) bond motifs is 1. The van der Waals surface area contributed by atoms with Crippen molar-refractivity contribution in [3.8, 4) is 11.1 Å². The average Bonchev–Trinajstić information content (AvgIpc) is 3.31. The Morgan fingerprint density at radius 1 is 1.08 bits per heavy atom. The van der Waals surface area contributed by atoms with Gasteiger partial charge < -0.3 is 4.98 Å². The molecule has 5 nitrogen and oxygen atoms in total. The largest absolute Gasteiger partial charge is 0.342 e. The second-order valence-electron chi connectivity index (χ2n) is 7.12. The van der Waals surface area contributed by atoms with Gasteiger partial charge in [0.1, 0.15) is 5.82 Å². The Hall–Kier alpha value is -2.18. The number of rotatable bonds is 4. The van der Waals surface area contributed by atoms with Gasteiger partial charge in [-0.3, -0.25) is 0 Å². The van der Waals surface area contributed by atoms with Crippen LogP contribution in [0.4, 0.5) is 0 Å². The number of hydrogen-bond acceptors (Lipinski definition) is 3. The second-order valence-corrected chi connectivity index (χ2v) is 9.06. The molecule has 4 rings (SSSR count). The van der Waals surface area contributed by atoms with Gasteiger partial charge in [-0.25, -0.2) is 13.4 Å². The first-order chi connectivity index (χ1) is 12.5. The van der Waals surface area contributed by atoms with E-state index in [2.05, 4.69) is 18.8 Å². The van der Waals surface area contributed by atoms with Gasteiger partial charge in [-0.1, -0.05) is 38.1 Å². The molecule has 1 aromatic heterocycles. The highest BCUT2D eigenvalue weighted by Gasteiger charge is 2.27. The number of imidazole rings is 1. The van der Waals surface area contributed by atoms with Gasteiger partial charge in [0, 0.05) is 24.6 Å². The Morgan fingerprint density at radius 2 is 1.81 bits per heavy atom. The van der Waals surface area contributed by atoms with E-state index >= 15 is 0 Å². The fourth-order valence-electron chi connectivity index (χ4n) is 3.46. The fraction of sp³-hybridized carbons (Fsp3) is 0.350. The first-order valence-electron chi connectivity index (χ1n) is 9.06. The summed E-state index contributed by atoms with van der Waals surface area (Å²) in [6, 6.07) is 13.2. The standard InChI is InChI=1S/C20H23N3O2S/c1-14(2)20-21-18-10-6-9-17(19(18)22-20)15-7-5-8-16(13-15)26(24,25)23-11-3-4-12-23/h5-10,13-14H,3-4,11-12H2,1-2H3,(H,21,22). The molecule has 0 spiro atoms. The number of benzene rings is 2. The zero-order chi connectivity index (χ0) is 18.3. The molecule has 3 aromatic rings. The van der Waals surface area contributed by atoms with Gasteiger partial charge >= 0.3 is 0 Å². The summed E-state index contributed by atoms with van der Waals surface area (Å²) in [5, 5.41) is 0. The van der Waals surface area contributed by atoms with Crippen molar-refractivity contribution < 1.29 is 8.42 Å². The molecule has 26 heavy (non-hydrogen) atoms. The molecule has 1 saturated heterocycles. The van der Waals surface area contributed by atoms with Crippen molar-refractivity contribution in [2.24, 2.45) is 0 Å². The number of H-pyrrole nitrogens is 1. The van der Waals surface area contributed by atoms with Gasteiger partial charge in [0.2, 0.25) is 10.0 Å². The van der Waals surface area contributed by atoms with Crippen LogP contribution in [0.3, 0.4) is 0 Å². The van der Waals surface area contributed by atoms with Crippen LogP contribution in [0.1, 0.15) is 38.4 Å². The third-order valence-electron chi connectivity index (χ3n) is 4.93. The van der Waals surface area contributed by atoms with Crippen LogP contribution in [0.25, 0.3) is 22.2 Å². The molecule has 0 aliphatic carbocycles. The van der Waals surface area contributed by atoms with Crippen molar-refractivity contribution in [1.29, 1.82) is 0 Å². The molecule has 1 aliphatic heterocycles. The lowest BCUT2D eigenvalue weighted by Crippen LogP contribution is -2.27. The molecule has 1 fully saturated rings. The molecular formula is C20H23N3O2S. The van der Waals surface area contributed by atoms with Crippen molar-refractivity contribution in [3.63, 3.8) is 0 Å². The lowest BCUT2D eigenvalue weighted by atomic mass is 10.0. The minimum Gasteiger partial charge on any atom is -0.342 e. The molecule has 0 radical (unpaired) electrons. The minimum atomic E-state index is -3.43. The van der Waals surface area contributed by atoms with Crippen molar-refractivity contribution in [2.45, 2.75) is 37.5 Å². The normalized spacial score (nSPS) is 16.0. The van der Waals surface area contributed by atoms with E-state index in [0.717, 1.165) is 40.8 Å². The van der Waals surface area contributed by atoms with Crippen LogP contribution in [0.15, 0.2) is 47.4 Å². The van der Waals surface area contributed by atoms with Crippen molar-refractivity contribution in [1.82, 2.24) is 14.3 Å². The average molecular weight is 369 g/mol. The van der Waals surface area contributed by atoms with Gasteiger partial charge in [-0.15, -0.1) is 0 Å². The predicted octanol–water partition coefficient (Wildman–Crippen LogP) is 4.14. The Bertz CT molecular complexity index is 1050. The summed E-state index contributed by atoms with van der Waals surface area (Å²) in [5.41, 5.74) is 3.67. The van der Waals surface area contributed by atoms with Gasteiger partial charge in [0.25, 0.3) is 0 Å². The Labute approximate surface area is 154 Å². The number of aromatic amines is 1. The van der Waals surface area contributed by atoms with E-state index in [1.807, 2.05) is 30.3 Å². The topological polar surface area (TPSA) is 66.1 Å². The quantitative estimate of drug-likeness (QED) is 0.752. The minimum absolute atomic E-state index is 0.303. The Kier molecular flexibility index (Phi) is 4.32. The van der Waals surface area contributed by atoms with Crippen molar-refractivity contribution in [2.75, 3.05) is 13.1 Å². The zero-order valence-electron chi connectivity index (χ0n) is 15.1. The lowest BCUT2D eigenvalue weighted by Gasteiger charge is -2.16. The molecule has 0 unspecified atom stereocenters. The highest BCUT2D eigenvalue weighted by molar-refractivity contribution is 7.89. The molecule has 0 atom stereocenters. The van der Waals surface area contributed by atoms with Gasteiger partial charge in [-0.2, -0.15) is 4.31 Å². The third-order valence-corrected chi connectivity index (χ3v) is 6.82. The highest BCUT2D eigenvalue weighted by atomic mass is 32.2. The van der Waals surface area contributed by atoms with Crippen LogP contribution in [0, 0.1) is 0 Å². The molecule has 2 heterocycles. The third kappa shape index (κ3) is 2.93. The van der Waals surface area contributed by atoms with E-state index in [-0.39, 0.29) is 0 Å². The Balaban J connectivity index is 1.81. The summed E-state index contributed by atoms with van der Waals surface area (Å²) >= 11 is 0. The maximum Gasteiger partial charge on any atom is 0.243 e. The van der Waals surface area contributed by atoms with Crippen LogP contribution < -0.4 is 0 Å². The molecule has 2 aromatic carbocycles. The summed E-state index contributed by atoms with van der Waals surface area (Å²) in [6.07, 6.45) is 1.87.